The molecule has 0 saturated heterocycles. The quantitative estimate of drug-likeness (QED) is 0.941. The number of hydrogen-bond acceptors (Lipinski definition) is 3. The van der Waals surface area contributed by atoms with E-state index < -0.39 is 15.7 Å². The van der Waals surface area contributed by atoms with Crippen LogP contribution in [0.15, 0.2) is 53.4 Å². The van der Waals surface area contributed by atoms with Gasteiger partial charge in [0.15, 0.2) is 9.84 Å². The number of halogens is 1. The molecule has 1 amide bonds. The van der Waals surface area contributed by atoms with Crippen molar-refractivity contribution in [2.24, 2.45) is 0 Å². The number of amides is 1. The fraction of sp³-hybridized carbons (Fsp3) is 0.133. The lowest BCUT2D eigenvalue weighted by atomic mass is 10.2. The van der Waals surface area contributed by atoms with Gasteiger partial charge in [0, 0.05) is 18.4 Å². The van der Waals surface area contributed by atoms with Gasteiger partial charge in [-0.2, -0.15) is 0 Å². The van der Waals surface area contributed by atoms with E-state index in [0.29, 0.717) is 5.56 Å². The lowest BCUT2D eigenvalue weighted by Crippen LogP contribution is -2.23. The molecule has 0 aliphatic carbocycles. The summed E-state index contributed by atoms with van der Waals surface area (Å²) in [5, 5.41) is 2.62. The summed E-state index contributed by atoms with van der Waals surface area (Å²) >= 11 is 0. The van der Waals surface area contributed by atoms with Crippen LogP contribution in [0.4, 0.5) is 4.39 Å². The second-order valence-corrected chi connectivity index (χ2v) is 6.63. The van der Waals surface area contributed by atoms with E-state index in [4.69, 9.17) is 0 Å². The van der Waals surface area contributed by atoms with Crippen molar-refractivity contribution in [3.8, 4) is 0 Å². The fourth-order valence-electron chi connectivity index (χ4n) is 1.80. The Morgan fingerprint density at radius 1 is 1.14 bits per heavy atom. The van der Waals surface area contributed by atoms with Crippen LogP contribution in [0.3, 0.4) is 0 Å². The normalized spacial score (nSPS) is 11.1. The monoisotopic (exact) mass is 307 g/mol. The van der Waals surface area contributed by atoms with Gasteiger partial charge in [-0.05, 0) is 35.9 Å². The maximum atomic E-state index is 13.0. The van der Waals surface area contributed by atoms with Crippen LogP contribution in [-0.2, 0) is 16.4 Å². The van der Waals surface area contributed by atoms with Crippen molar-refractivity contribution in [2.75, 3.05) is 6.26 Å². The van der Waals surface area contributed by atoms with Crippen LogP contribution in [-0.4, -0.2) is 20.6 Å². The second kappa shape index (κ2) is 6.05. The molecule has 2 aromatic carbocycles. The topological polar surface area (TPSA) is 63.2 Å². The Morgan fingerprint density at radius 2 is 1.86 bits per heavy atom. The van der Waals surface area contributed by atoms with Gasteiger partial charge in [-0.15, -0.1) is 0 Å². The first kappa shape index (κ1) is 15.2. The molecule has 0 saturated carbocycles. The Labute approximate surface area is 122 Å². The highest BCUT2D eigenvalue weighted by Crippen LogP contribution is 2.11. The molecule has 2 aromatic rings. The van der Waals surface area contributed by atoms with Crippen molar-refractivity contribution < 1.29 is 17.6 Å². The number of rotatable bonds is 4. The Morgan fingerprint density at radius 3 is 2.52 bits per heavy atom. The van der Waals surface area contributed by atoms with Crippen LogP contribution in [0.5, 0.6) is 0 Å². The summed E-state index contributed by atoms with van der Waals surface area (Å²) in [5.41, 5.74) is 0.872. The summed E-state index contributed by atoms with van der Waals surface area (Å²) in [6.45, 7) is 0.166. The van der Waals surface area contributed by atoms with Crippen LogP contribution in [0.25, 0.3) is 0 Å². The van der Waals surface area contributed by atoms with Gasteiger partial charge in [-0.25, -0.2) is 12.8 Å². The molecule has 6 heteroatoms. The van der Waals surface area contributed by atoms with Crippen LogP contribution in [0.1, 0.15) is 15.9 Å². The van der Waals surface area contributed by atoms with Gasteiger partial charge in [0.05, 0.1) is 4.90 Å². The zero-order valence-electron chi connectivity index (χ0n) is 11.3. The molecule has 0 spiro atoms. The van der Waals surface area contributed by atoms with Gasteiger partial charge in [0.25, 0.3) is 5.91 Å². The largest absolute Gasteiger partial charge is 0.348 e. The number of sulfone groups is 1. The summed E-state index contributed by atoms with van der Waals surface area (Å²) in [6, 6.07) is 11.7. The molecular weight excluding hydrogens is 293 g/mol. The SMILES string of the molecule is CS(=O)(=O)c1cccc(C(=O)NCc2cccc(F)c2)c1. The van der Waals surface area contributed by atoms with Crippen molar-refractivity contribution in [3.05, 3.63) is 65.5 Å². The lowest BCUT2D eigenvalue weighted by molar-refractivity contribution is 0.0950. The van der Waals surface area contributed by atoms with Crippen LogP contribution >= 0.6 is 0 Å². The lowest BCUT2D eigenvalue weighted by Gasteiger charge is -2.07. The third kappa shape index (κ3) is 4.13. The molecule has 4 nitrogen and oxygen atoms in total. The highest BCUT2D eigenvalue weighted by atomic mass is 32.2. The van der Waals surface area contributed by atoms with Crippen molar-refractivity contribution >= 4 is 15.7 Å². The third-order valence-corrected chi connectivity index (χ3v) is 3.98. The smallest absolute Gasteiger partial charge is 0.251 e. The molecule has 0 fully saturated rings. The highest BCUT2D eigenvalue weighted by molar-refractivity contribution is 7.90. The average molecular weight is 307 g/mol. The number of benzene rings is 2. The third-order valence-electron chi connectivity index (χ3n) is 2.87. The Kier molecular flexibility index (Phi) is 4.37. The molecule has 110 valence electrons. The molecule has 0 aromatic heterocycles. The van der Waals surface area contributed by atoms with Crippen molar-refractivity contribution in [1.29, 1.82) is 0 Å². The molecule has 21 heavy (non-hydrogen) atoms. The average Bonchev–Trinajstić information content (AvgIpc) is 2.44. The molecular formula is C15H14FNO3S. The molecule has 0 radical (unpaired) electrons. The summed E-state index contributed by atoms with van der Waals surface area (Å²) in [7, 11) is -3.36. The Balaban J connectivity index is 2.11. The van der Waals surface area contributed by atoms with E-state index in [1.807, 2.05) is 0 Å². The zero-order valence-corrected chi connectivity index (χ0v) is 12.2. The maximum absolute atomic E-state index is 13.0. The molecule has 2 rings (SSSR count). The Hall–Kier alpha value is -2.21. The summed E-state index contributed by atoms with van der Waals surface area (Å²) in [4.78, 5) is 12.1. The zero-order chi connectivity index (χ0) is 15.5. The van der Waals surface area contributed by atoms with E-state index in [1.165, 1.54) is 36.4 Å². The number of carbonyl (C=O) groups excluding carboxylic acids is 1. The minimum atomic E-state index is -3.36. The second-order valence-electron chi connectivity index (χ2n) is 4.61. The molecule has 0 bridgehead atoms. The summed E-state index contributed by atoms with van der Waals surface area (Å²) in [6.07, 6.45) is 1.08. The molecule has 1 N–H and O–H groups in total. The van der Waals surface area contributed by atoms with Gasteiger partial charge in [-0.1, -0.05) is 18.2 Å². The van der Waals surface area contributed by atoms with E-state index in [1.54, 1.807) is 12.1 Å². The minimum absolute atomic E-state index is 0.0842. The molecule has 0 unspecified atom stereocenters. The van der Waals surface area contributed by atoms with Gasteiger partial charge in [0.2, 0.25) is 0 Å². The first-order valence-corrected chi connectivity index (χ1v) is 8.08. The van der Waals surface area contributed by atoms with Crippen molar-refractivity contribution in [2.45, 2.75) is 11.4 Å². The molecule has 0 aliphatic heterocycles. The van der Waals surface area contributed by atoms with Crippen molar-refractivity contribution in [3.63, 3.8) is 0 Å². The number of nitrogens with one attached hydrogen (secondary N) is 1. The first-order chi connectivity index (χ1) is 9.86. The van der Waals surface area contributed by atoms with Gasteiger partial charge < -0.3 is 5.32 Å². The van der Waals surface area contributed by atoms with E-state index in [-0.39, 0.29) is 22.8 Å². The highest BCUT2D eigenvalue weighted by Gasteiger charge is 2.11. The summed E-state index contributed by atoms with van der Waals surface area (Å²) < 4.78 is 35.9. The van der Waals surface area contributed by atoms with Crippen LogP contribution < -0.4 is 5.32 Å². The van der Waals surface area contributed by atoms with Gasteiger partial charge in [0.1, 0.15) is 5.82 Å². The number of hydrogen-bond donors (Lipinski definition) is 1. The first-order valence-electron chi connectivity index (χ1n) is 6.19. The van der Waals surface area contributed by atoms with E-state index in [0.717, 1.165) is 6.26 Å². The molecule has 0 atom stereocenters. The van der Waals surface area contributed by atoms with Crippen LogP contribution in [0.2, 0.25) is 0 Å². The Bertz CT molecular complexity index is 772. The molecule has 0 aliphatic rings. The van der Waals surface area contributed by atoms with Crippen molar-refractivity contribution in [1.82, 2.24) is 5.32 Å². The number of carbonyl (C=O) groups is 1. The standard InChI is InChI=1S/C15H14FNO3S/c1-21(19,20)14-7-3-5-12(9-14)15(18)17-10-11-4-2-6-13(16)8-11/h2-9H,10H2,1H3,(H,17,18). The maximum Gasteiger partial charge on any atom is 0.251 e. The predicted octanol–water partition coefficient (Wildman–Crippen LogP) is 2.16. The van der Waals surface area contributed by atoms with Gasteiger partial charge in [-0.3, -0.25) is 4.79 Å². The van der Waals surface area contributed by atoms with E-state index >= 15 is 0 Å². The van der Waals surface area contributed by atoms with Gasteiger partial charge >= 0.3 is 0 Å². The fourth-order valence-corrected chi connectivity index (χ4v) is 2.47. The van der Waals surface area contributed by atoms with E-state index in [2.05, 4.69) is 5.32 Å². The molecule has 0 heterocycles. The summed E-state index contributed by atoms with van der Waals surface area (Å²) in [5.74, 6) is -0.786. The predicted molar refractivity (Wildman–Crippen MR) is 77.1 cm³/mol. The van der Waals surface area contributed by atoms with Crippen LogP contribution in [0, 0.1) is 5.82 Å². The van der Waals surface area contributed by atoms with E-state index in [9.17, 15) is 17.6 Å². The minimum Gasteiger partial charge on any atom is -0.348 e.